The van der Waals surface area contributed by atoms with Crippen LogP contribution in [0.15, 0.2) is 36.4 Å². The van der Waals surface area contributed by atoms with Crippen molar-refractivity contribution in [3.05, 3.63) is 59.3 Å². The van der Waals surface area contributed by atoms with E-state index in [1.807, 2.05) is 55.7 Å². The van der Waals surface area contributed by atoms with Gasteiger partial charge in [0.1, 0.15) is 18.2 Å². The highest BCUT2D eigenvalue weighted by Crippen LogP contribution is 2.17. The Morgan fingerprint density at radius 2 is 1.73 bits per heavy atom. The zero-order valence-electron chi connectivity index (χ0n) is 19.0. The van der Waals surface area contributed by atoms with Crippen molar-refractivity contribution in [2.75, 3.05) is 11.9 Å². The van der Waals surface area contributed by atoms with E-state index in [-0.39, 0.29) is 6.54 Å². The van der Waals surface area contributed by atoms with Crippen LogP contribution in [0, 0.1) is 20.8 Å². The van der Waals surface area contributed by atoms with E-state index in [0.29, 0.717) is 23.9 Å². The minimum absolute atomic E-state index is 0.0234. The maximum atomic E-state index is 12.5. The molecule has 4 aromatic rings. The summed E-state index contributed by atoms with van der Waals surface area (Å²) in [5.41, 5.74) is 3.93. The number of benzene rings is 1. The average molecular weight is 447 g/mol. The molecule has 33 heavy (non-hydrogen) atoms. The number of aryl methyl sites for hydroxylation is 4. The monoisotopic (exact) mass is 447 g/mol. The van der Waals surface area contributed by atoms with Crippen LogP contribution in [0.3, 0.4) is 0 Å². The molecule has 3 heterocycles. The maximum Gasteiger partial charge on any atom is 0.326 e. The molecule has 170 valence electrons. The van der Waals surface area contributed by atoms with Crippen LogP contribution in [-0.2, 0) is 27.3 Å². The second-order valence-corrected chi connectivity index (χ2v) is 7.70. The molecule has 0 aliphatic carbocycles. The summed E-state index contributed by atoms with van der Waals surface area (Å²) in [7, 11) is 0. The van der Waals surface area contributed by atoms with Crippen LogP contribution < -0.4 is 5.32 Å². The largest absolute Gasteiger partial charge is 0.454 e. The van der Waals surface area contributed by atoms with E-state index >= 15 is 0 Å². The molecule has 0 unspecified atom stereocenters. The highest BCUT2D eigenvalue weighted by atomic mass is 16.5. The number of aromatic nitrogens is 6. The lowest BCUT2D eigenvalue weighted by Gasteiger charge is -2.10. The quantitative estimate of drug-likeness (QED) is 0.433. The Kier molecular flexibility index (Phi) is 6.16. The molecule has 0 radical (unpaired) electrons. The van der Waals surface area contributed by atoms with E-state index in [4.69, 9.17) is 4.74 Å². The SMILES string of the molecule is CCc1nc2ccccc2n1CC(=O)OCC(=O)Nc1cc(C)nn1-c1nc(C)cc(C)n1. The summed E-state index contributed by atoms with van der Waals surface area (Å²) in [5.74, 6) is 0.523. The fourth-order valence-corrected chi connectivity index (χ4v) is 3.61. The summed E-state index contributed by atoms with van der Waals surface area (Å²) in [6.07, 6.45) is 0.673. The molecule has 0 atom stereocenters. The van der Waals surface area contributed by atoms with E-state index in [1.54, 1.807) is 13.0 Å². The number of nitrogens with one attached hydrogen (secondary N) is 1. The molecule has 1 amide bonds. The van der Waals surface area contributed by atoms with Crippen molar-refractivity contribution >= 4 is 28.7 Å². The molecule has 0 aliphatic heterocycles. The number of anilines is 1. The molecule has 1 N–H and O–H groups in total. The molecule has 0 fully saturated rings. The summed E-state index contributed by atoms with van der Waals surface area (Å²) < 4.78 is 8.50. The van der Waals surface area contributed by atoms with E-state index in [9.17, 15) is 9.59 Å². The van der Waals surface area contributed by atoms with Crippen LogP contribution in [0.2, 0.25) is 0 Å². The molecule has 4 rings (SSSR count). The summed E-state index contributed by atoms with van der Waals surface area (Å²) in [6.45, 7) is 7.05. The first-order valence-electron chi connectivity index (χ1n) is 10.6. The fourth-order valence-electron chi connectivity index (χ4n) is 3.61. The normalized spacial score (nSPS) is 11.0. The molecule has 0 saturated heterocycles. The predicted octanol–water partition coefficient (Wildman–Crippen LogP) is 2.68. The molecular weight excluding hydrogens is 422 g/mol. The topological polar surface area (TPSA) is 117 Å². The Hall–Kier alpha value is -4.08. The van der Waals surface area contributed by atoms with Crippen LogP contribution in [0.1, 0.15) is 29.8 Å². The Bertz CT molecular complexity index is 1320. The smallest absolute Gasteiger partial charge is 0.326 e. The highest BCUT2D eigenvalue weighted by Gasteiger charge is 2.17. The third kappa shape index (κ3) is 4.89. The zero-order chi connectivity index (χ0) is 23.5. The predicted molar refractivity (Wildman–Crippen MR) is 122 cm³/mol. The van der Waals surface area contributed by atoms with Gasteiger partial charge >= 0.3 is 5.97 Å². The number of nitrogens with zero attached hydrogens (tertiary/aromatic N) is 6. The minimum atomic E-state index is -0.523. The lowest BCUT2D eigenvalue weighted by molar-refractivity contribution is -0.147. The van der Waals surface area contributed by atoms with Gasteiger partial charge in [0.2, 0.25) is 0 Å². The summed E-state index contributed by atoms with van der Waals surface area (Å²) >= 11 is 0. The maximum absolute atomic E-state index is 12.5. The molecule has 1 aromatic carbocycles. The molecule has 0 bridgehead atoms. The Labute approximate surface area is 190 Å². The van der Waals surface area contributed by atoms with Crippen molar-refractivity contribution in [1.82, 2.24) is 29.3 Å². The minimum Gasteiger partial charge on any atom is -0.454 e. The molecule has 10 nitrogen and oxygen atoms in total. The third-order valence-electron chi connectivity index (χ3n) is 4.96. The zero-order valence-corrected chi connectivity index (χ0v) is 19.0. The molecule has 0 spiro atoms. The summed E-state index contributed by atoms with van der Waals surface area (Å²) in [6, 6.07) is 11.1. The number of hydrogen-bond donors (Lipinski definition) is 1. The van der Waals surface area contributed by atoms with E-state index < -0.39 is 18.5 Å². The van der Waals surface area contributed by atoms with Gasteiger partial charge in [-0.2, -0.15) is 9.78 Å². The number of hydrogen-bond acceptors (Lipinski definition) is 7. The van der Waals surface area contributed by atoms with E-state index in [2.05, 4.69) is 25.4 Å². The number of ether oxygens (including phenoxy) is 1. The van der Waals surface area contributed by atoms with Gasteiger partial charge in [-0.3, -0.25) is 9.59 Å². The first kappa shape index (κ1) is 22.1. The van der Waals surface area contributed by atoms with Crippen molar-refractivity contribution in [3.8, 4) is 5.95 Å². The number of esters is 1. The number of fused-ring (bicyclic) bond motifs is 1. The average Bonchev–Trinajstić information content (AvgIpc) is 3.31. The Morgan fingerprint density at radius 1 is 1.00 bits per heavy atom. The second-order valence-electron chi connectivity index (χ2n) is 7.70. The van der Waals surface area contributed by atoms with Gasteiger partial charge in [0.25, 0.3) is 11.9 Å². The van der Waals surface area contributed by atoms with Crippen molar-refractivity contribution in [1.29, 1.82) is 0 Å². The van der Waals surface area contributed by atoms with Crippen LogP contribution in [0.4, 0.5) is 5.82 Å². The lowest BCUT2D eigenvalue weighted by Crippen LogP contribution is -2.24. The number of imidazole rings is 1. The highest BCUT2D eigenvalue weighted by molar-refractivity contribution is 5.92. The van der Waals surface area contributed by atoms with Gasteiger partial charge in [0.05, 0.1) is 16.7 Å². The van der Waals surface area contributed by atoms with Gasteiger partial charge in [0.15, 0.2) is 6.61 Å². The van der Waals surface area contributed by atoms with E-state index in [0.717, 1.165) is 28.2 Å². The summed E-state index contributed by atoms with van der Waals surface area (Å²) in [4.78, 5) is 38.3. The molecule has 3 aromatic heterocycles. The van der Waals surface area contributed by atoms with Crippen molar-refractivity contribution in [2.45, 2.75) is 40.7 Å². The second kappa shape index (κ2) is 9.19. The molecular formula is C23H25N7O3. The molecule has 0 aliphatic rings. The van der Waals surface area contributed by atoms with Crippen LogP contribution in [-0.4, -0.2) is 47.8 Å². The summed E-state index contributed by atoms with van der Waals surface area (Å²) in [5, 5.41) is 7.09. The van der Waals surface area contributed by atoms with Crippen molar-refractivity contribution < 1.29 is 14.3 Å². The molecule has 10 heteroatoms. The molecule has 0 saturated carbocycles. The number of rotatable bonds is 7. The van der Waals surface area contributed by atoms with Crippen LogP contribution in [0.25, 0.3) is 17.0 Å². The first-order valence-corrected chi connectivity index (χ1v) is 10.6. The van der Waals surface area contributed by atoms with Crippen molar-refractivity contribution in [3.63, 3.8) is 0 Å². The third-order valence-corrected chi connectivity index (χ3v) is 4.96. The standard InChI is InChI=1S/C23H25N7O3/c1-5-19-26-17-8-6-7-9-18(17)29(19)12-22(32)33-13-21(31)27-20-11-16(4)28-30(20)23-24-14(2)10-15(3)25-23/h6-11H,5,12-13H2,1-4H3,(H,27,31). The van der Waals surface area contributed by atoms with Gasteiger partial charge in [-0.05, 0) is 39.0 Å². The fraction of sp³-hybridized carbons (Fsp3) is 0.304. The van der Waals surface area contributed by atoms with Gasteiger partial charge < -0.3 is 14.6 Å². The first-order chi connectivity index (χ1) is 15.8. The van der Waals surface area contributed by atoms with Crippen LogP contribution in [0.5, 0.6) is 0 Å². The Balaban J connectivity index is 1.42. The van der Waals surface area contributed by atoms with Gasteiger partial charge in [-0.25, -0.2) is 15.0 Å². The van der Waals surface area contributed by atoms with Crippen LogP contribution >= 0.6 is 0 Å². The Morgan fingerprint density at radius 3 is 2.45 bits per heavy atom. The van der Waals surface area contributed by atoms with E-state index in [1.165, 1.54) is 4.68 Å². The number of carbonyl (C=O) groups excluding carboxylic acids is 2. The van der Waals surface area contributed by atoms with Crippen molar-refractivity contribution in [2.24, 2.45) is 0 Å². The lowest BCUT2D eigenvalue weighted by atomic mass is 10.3. The van der Waals surface area contributed by atoms with Gasteiger partial charge in [0, 0.05) is 23.9 Å². The number of amides is 1. The van der Waals surface area contributed by atoms with Gasteiger partial charge in [-0.1, -0.05) is 19.1 Å². The number of para-hydroxylation sites is 2. The van der Waals surface area contributed by atoms with Gasteiger partial charge in [-0.15, -0.1) is 0 Å². The number of carbonyl (C=O) groups is 2.